The van der Waals surface area contributed by atoms with Crippen molar-refractivity contribution >= 4 is 17.3 Å². The van der Waals surface area contributed by atoms with Gasteiger partial charge in [-0.05, 0) is 37.1 Å². The molecule has 0 aliphatic heterocycles. The van der Waals surface area contributed by atoms with Crippen LogP contribution >= 0.6 is 0 Å². The second-order valence-electron chi connectivity index (χ2n) is 5.06. The van der Waals surface area contributed by atoms with Crippen LogP contribution in [-0.4, -0.2) is 17.4 Å². The van der Waals surface area contributed by atoms with Crippen molar-refractivity contribution in [2.45, 2.75) is 20.3 Å². The van der Waals surface area contributed by atoms with Gasteiger partial charge in [0.1, 0.15) is 5.75 Å². The Balaban J connectivity index is 2.04. The van der Waals surface area contributed by atoms with Crippen LogP contribution in [0.15, 0.2) is 42.5 Å². The number of carbonyl (C=O) groups excluding carboxylic acids is 1. The van der Waals surface area contributed by atoms with Gasteiger partial charge in [-0.3, -0.25) is 14.9 Å². The summed E-state index contributed by atoms with van der Waals surface area (Å²) in [5, 5.41) is 13.5. The van der Waals surface area contributed by atoms with E-state index < -0.39 is 4.92 Å². The number of nitro groups is 1. The molecule has 0 saturated heterocycles. The van der Waals surface area contributed by atoms with E-state index in [9.17, 15) is 14.9 Å². The van der Waals surface area contributed by atoms with E-state index in [4.69, 9.17) is 4.74 Å². The van der Waals surface area contributed by atoms with Crippen LogP contribution in [-0.2, 0) is 11.2 Å². The van der Waals surface area contributed by atoms with E-state index in [2.05, 4.69) is 5.32 Å². The number of hydrogen-bond acceptors (Lipinski definition) is 4. The van der Waals surface area contributed by atoms with Gasteiger partial charge in [0, 0.05) is 12.1 Å². The third-order valence-electron chi connectivity index (χ3n) is 3.31. The highest BCUT2D eigenvalue weighted by Crippen LogP contribution is 2.22. The highest BCUT2D eigenvalue weighted by Gasteiger charge is 2.11. The van der Waals surface area contributed by atoms with E-state index in [0.717, 1.165) is 16.9 Å². The lowest BCUT2D eigenvalue weighted by Gasteiger charge is -2.09. The number of amides is 1. The smallest absolute Gasteiger partial charge is 0.271 e. The molecule has 0 bridgehead atoms. The van der Waals surface area contributed by atoms with Crippen LogP contribution in [0.2, 0.25) is 0 Å². The number of anilines is 1. The molecule has 0 unspecified atom stereocenters. The van der Waals surface area contributed by atoms with Crippen LogP contribution in [0.1, 0.15) is 18.1 Å². The lowest BCUT2D eigenvalue weighted by Crippen LogP contribution is -2.15. The summed E-state index contributed by atoms with van der Waals surface area (Å²) in [6.45, 7) is 4.28. The Morgan fingerprint density at radius 3 is 2.52 bits per heavy atom. The van der Waals surface area contributed by atoms with Crippen LogP contribution in [0.5, 0.6) is 5.75 Å². The van der Waals surface area contributed by atoms with Crippen molar-refractivity contribution < 1.29 is 14.5 Å². The summed E-state index contributed by atoms with van der Waals surface area (Å²) in [4.78, 5) is 22.4. The van der Waals surface area contributed by atoms with Gasteiger partial charge in [0.05, 0.1) is 23.6 Å². The van der Waals surface area contributed by atoms with E-state index in [1.54, 1.807) is 13.0 Å². The third-order valence-corrected chi connectivity index (χ3v) is 3.31. The number of hydrogen-bond donors (Lipinski definition) is 1. The molecular formula is C17H18N2O4. The number of nitrogens with zero attached hydrogens (tertiary/aromatic N) is 1. The molecule has 2 aromatic carbocycles. The normalized spacial score (nSPS) is 10.2. The molecule has 6 nitrogen and oxygen atoms in total. The van der Waals surface area contributed by atoms with Crippen LogP contribution in [0.25, 0.3) is 0 Å². The Kier molecular flexibility index (Phi) is 5.30. The lowest BCUT2D eigenvalue weighted by molar-refractivity contribution is -0.384. The number of carbonyl (C=O) groups is 1. The van der Waals surface area contributed by atoms with Gasteiger partial charge in [0.25, 0.3) is 5.69 Å². The Morgan fingerprint density at radius 2 is 1.91 bits per heavy atom. The average Bonchev–Trinajstić information content (AvgIpc) is 2.51. The maximum absolute atomic E-state index is 12.1. The monoisotopic (exact) mass is 314 g/mol. The van der Waals surface area contributed by atoms with Crippen molar-refractivity contribution in [3.8, 4) is 5.75 Å². The molecule has 1 amide bonds. The van der Waals surface area contributed by atoms with Crippen LogP contribution in [0.4, 0.5) is 11.4 Å². The Bertz CT molecular complexity index is 711. The summed E-state index contributed by atoms with van der Waals surface area (Å²) < 4.78 is 5.35. The van der Waals surface area contributed by atoms with Gasteiger partial charge >= 0.3 is 0 Å². The van der Waals surface area contributed by atoms with E-state index in [1.165, 1.54) is 12.1 Å². The van der Waals surface area contributed by atoms with Gasteiger partial charge in [-0.1, -0.05) is 18.2 Å². The predicted molar refractivity (Wildman–Crippen MR) is 87.8 cm³/mol. The fourth-order valence-corrected chi connectivity index (χ4v) is 2.11. The largest absolute Gasteiger partial charge is 0.494 e. The first-order chi connectivity index (χ1) is 11.0. The molecule has 1 N–H and O–H groups in total. The first-order valence-electron chi connectivity index (χ1n) is 7.26. The van der Waals surface area contributed by atoms with E-state index >= 15 is 0 Å². The number of non-ortho nitro benzene ring substituents is 1. The summed E-state index contributed by atoms with van der Waals surface area (Å²) in [6.07, 6.45) is 0.189. The molecule has 2 aromatic rings. The minimum atomic E-state index is -0.485. The molecule has 6 heteroatoms. The quantitative estimate of drug-likeness (QED) is 0.653. The van der Waals surface area contributed by atoms with Gasteiger partial charge in [-0.15, -0.1) is 0 Å². The van der Waals surface area contributed by atoms with Crippen molar-refractivity contribution in [2.24, 2.45) is 0 Å². The molecular weight excluding hydrogens is 296 g/mol. The summed E-state index contributed by atoms with van der Waals surface area (Å²) in [7, 11) is 0. The molecule has 0 radical (unpaired) electrons. The summed E-state index contributed by atoms with van der Waals surface area (Å²) in [5.41, 5.74) is 2.02. The van der Waals surface area contributed by atoms with Crippen LogP contribution in [0.3, 0.4) is 0 Å². The standard InChI is InChI=1S/C17H18N2O4/c1-3-23-15-8-5-13(6-9-15)10-17(20)18-16-11-14(19(21)22)7-4-12(16)2/h4-9,11H,3,10H2,1-2H3,(H,18,20). The zero-order valence-corrected chi connectivity index (χ0v) is 13.0. The first kappa shape index (κ1) is 16.5. The molecule has 0 heterocycles. The summed E-state index contributed by atoms with van der Waals surface area (Å²) >= 11 is 0. The second kappa shape index (κ2) is 7.40. The summed E-state index contributed by atoms with van der Waals surface area (Å²) in [5.74, 6) is 0.531. The van der Waals surface area contributed by atoms with Gasteiger partial charge in [0.2, 0.25) is 5.91 Å². The number of rotatable bonds is 6. The number of nitro benzene ring substituents is 1. The highest BCUT2D eigenvalue weighted by atomic mass is 16.6. The topological polar surface area (TPSA) is 81.5 Å². The molecule has 120 valence electrons. The highest BCUT2D eigenvalue weighted by molar-refractivity contribution is 5.93. The number of ether oxygens (including phenoxy) is 1. The van der Waals surface area contributed by atoms with Crippen LogP contribution < -0.4 is 10.1 Å². The fourth-order valence-electron chi connectivity index (χ4n) is 2.11. The van der Waals surface area contributed by atoms with Gasteiger partial charge in [-0.2, -0.15) is 0 Å². The average molecular weight is 314 g/mol. The Labute approximate surface area is 134 Å². The fraction of sp³-hybridized carbons (Fsp3) is 0.235. The van der Waals surface area contributed by atoms with Gasteiger partial charge < -0.3 is 10.1 Å². The van der Waals surface area contributed by atoms with Crippen molar-refractivity contribution in [1.29, 1.82) is 0 Å². The molecule has 2 rings (SSSR count). The van der Waals surface area contributed by atoms with Crippen molar-refractivity contribution in [3.05, 3.63) is 63.7 Å². The van der Waals surface area contributed by atoms with E-state index in [-0.39, 0.29) is 18.0 Å². The third kappa shape index (κ3) is 4.54. The maximum Gasteiger partial charge on any atom is 0.271 e. The van der Waals surface area contributed by atoms with Crippen LogP contribution in [0, 0.1) is 17.0 Å². The van der Waals surface area contributed by atoms with Gasteiger partial charge in [0.15, 0.2) is 0 Å². The first-order valence-corrected chi connectivity index (χ1v) is 7.26. The lowest BCUT2D eigenvalue weighted by atomic mass is 10.1. The van der Waals surface area contributed by atoms with E-state index in [0.29, 0.717) is 12.3 Å². The van der Waals surface area contributed by atoms with Gasteiger partial charge in [-0.25, -0.2) is 0 Å². The van der Waals surface area contributed by atoms with Crippen molar-refractivity contribution in [2.75, 3.05) is 11.9 Å². The maximum atomic E-state index is 12.1. The molecule has 0 fully saturated rings. The molecule has 0 saturated carbocycles. The Morgan fingerprint density at radius 1 is 1.22 bits per heavy atom. The SMILES string of the molecule is CCOc1ccc(CC(=O)Nc2cc([N+](=O)[O-])ccc2C)cc1. The molecule has 23 heavy (non-hydrogen) atoms. The number of nitrogens with one attached hydrogen (secondary N) is 1. The summed E-state index contributed by atoms with van der Waals surface area (Å²) in [6, 6.07) is 11.7. The number of benzene rings is 2. The zero-order chi connectivity index (χ0) is 16.8. The minimum Gasteiger partial charge on any atom is -0.494 e. The zero-order valence-electron chi connectivity index (χ0n) is 13.0. The van der Waals surface area contributed by atoms with Crippen molar-refractivity contribution in [3.63, 3.8) is 0 Å². The van der Waals surface area contributed by atoms with E-state index in [1.807, 2.05) is 31.2 Å². The minimum absolute atomic E-state index is 0.0491. The number of aryl methyl sites for hydroxylation is 1. The molecule has 0 aromatic heterocycles. The van der Waals surface area contributed by atoms with Crippen molar-refractivity contribution in [1.82, 2.24) is 0 Å². The Hall–Kier alpha value is -2.89. The molecule has 0 aliphatic carbocycles. The molecule has 0 atom stereocenters. The molecule has 0 aliphatic rings. The molecule has 0 spiro atoms. The second-order valence-corrected chi connectivity index (χ2v) is 5.06. The predicted octanol–water partition coefficient (Wildman–Crippen LogP) is 3.48.